The fourth-order valence-electron chi connectivity index (χ4n) is 6.73. The van der Waals surface area contributed by atoms with Gasteiger partial charge < -0.3 is 10.5 Å². The molecule has 0 radical (unpaired) electrons. The van der Waals surface area contributed by atoms with Crippen LogP contribution in [0.15, 0.2) is 11.6 Å². The Labute approximate surface area is 150 Å². The number of ketones is 1. The van der Waals surface area contributed by atoms with Gasteiger partial charge in [0.1, 0.15) is 11.9 Å². The Morgan fingerprint density at radius 3 is 2.68 bits per heavy atom. The molecule has 0 aliphatic heterocycles. The fraction of sp³-hybridized carbons (Fsp3) is 0.810. The second-order valence-electron chi connectivity index (χ2n) is 9.24. The van der Waals surface area contributed by atoms with E-state index in [0.717, 1.165) is 44.9 Å². The molecule has 0 spiro atoms. The smallest absolute Gasteiger partial charge is 0.319 e. The van der Waals surface area contributed by atoms with Crippen molar-refractivity contribution in [2.24, 2.45) is 34.3 Å². The van der Waals surface area contributed by atoms with Crippen molar-refractivity contribution in [3.05, 3.63) is 11.6 Å². The zero-order valence-electron chi connectivity index (χ0n) is 15.6. The Kier molecular flexibility index (Phi) is 4.10. The second kappa shape index (κ2) is 5.94. The maximum Gasteiger partial charge on any atom is 0.319 e. The Bertz CT molecular complexity index is 627. The van der Waals surface area contributed by atoms with Crippen LogP contribution in [0.2, 0.25) is 0 Å². The summed E-state index contributed by atoms with van der Waals surface area (Å²) in [4.78, 5) is 24.0. The predicted octanol–water partition coefficient (Wildman–Crippen LogP) is 3.39. The molecule has 4 nitrogen and oxygen atoms in total. The van der Waals surface area contributed by atoms with E-state index in [1.54, 1.807) is 0 Å². The van der Waals surface area contributed by atoms with Gasteiger partial charge in [-0.25, -0.2) is 0 Å². The van der Waals surface area contributed by atoms with E-state index < -0.39 is 0 Å². The molecule has 4 heteroatoms. The highest BCUT2D eigenvalue weighted by atomic mass is 16.5. The summed E-state index contributed by atoms with van der Waals surface area (Å²) in [7, 11) is 0. The number of esters is 1. The molecular weight excluding hydrogens is 314 g/mol. The maximum atomic E-state index is 12.5. The van der Waals surface area contributed by atoms with Gasteiger partial charge in [-0.15, -0.1) is 0 Å². The van der Waals surface area contributed by atoms with Crippen molar-refractivity contribution in [3.63, 3.8) is 0 Å². The van der Waals surface area contributed by atoms with Crippen molar-refractivity contribution in [2.75, 3.05) is 6.54 Å². The number of fused-ring (bicyclic) bond motifs is 5. The first-order valence-corrected chi connectivity index (χ1v) is 10.0. The first-order chi connectivity index (χ1) is 11.9. The Morgan fingerprint density at radius 2 is 1.92 bits per heavy atom. The first-order valence-electron chi connectivity index (χ1n) is 10.0. The second-order valence-corrected chi connectivity index (χ2v) is 9.24. The molecule has 4 aliphatic carbocycles. The molecule has 2 N–H and O–H groups in total. The van der Waals surface area contributed by atoms with Crippen LogP contribution in [0.5, 0.6) is 0 Å². The molecule has 3 saturated carbocycles. The van der Waals surface area contributed by atoms with E-state index in [2.05, 4.69) is 19.9 Å². The van der Waals surface area contributed by atoms with Crippen LogP contribution in [0.4, 0.5) is 0 Å². The third-order valence-electron chi connectivity index (χ3n) is 8.23. The van der Waals surface area contributed by atoms with Gasteiger partial charge in [0, 0.05) is 18.3 Å². The predicted molar refractivity (Wildman–Crippen MR) is 95.6 cm³/mol. The number of hydrogen-bond acceptors (Lipinski definition) is 4. The lowest BCUT2D eigenvalue weighted by molar-refractivity contribution is -0.149. The molecule has 6 atom stereocenters. The molecule has 4 aliphatic rings. The number of hydrogen-bond donors (Lipinski definition) is 1. The molecule has 0 bridgehead atoms. The van der Waals surface area contributed by atoms with Crippen LogP contribution in [0, 0.1) is 28.6 Å². The van der Waals surface area contributed by atoms with Crippen molar-refractivity contribution < 1.29 is 14.3 Å². The molecule has 0 aromatic rings. The number of rotatable bonds is 2. The van der Waals surface area contributed by atoms with Crippen LogP contribution in [-0.4, -0.2) is 24.4 Å². The van der Waals surface area contributed by atoms with Crippen LogP contribution in [-0.2, 0) is 14.3 Å². The van der Waals surface area contributed by atoms with Crippen molar-refractivity contribution in [1.82, 2.24) is 0 Å². The molecule has 138 valence electrons. The van der Waals surface area contributed by atoms with Crippen LogP contribution in [0.25, 0.3) is 0 Å². The third-order valence-corrected chi connectivity index (χ3v) is 8.23. The molecule has 0 saturated heterocycles. The molecular formula is C21H31NO3. The summed E-state index contributed by atoms with van der Waals surface area (Å²) >= 11 is 0. The van der Waals surface area contributed by atoms with E-state index >= 15 is 0 Å². The number of allylic oxidation sites excluding steroid dienone is 1. The lowest BCUT2D eigenvalue weighted by Gasteiger charge is -2.56. The van der Waals surface area contributed by atoms with Gasteiger partial charge >= 0.3 is 5.97 Å². The van der Waals surface area contributed by atoms with Gasteiger partial charge in [0.2, 0.25) is 0 Å². The van der Waals surface area contributed by atoms with Crippen LogP contribution >= 0.6 is 0 Å². The van der Waals surface area contributed by atoms with Gasteiger partial charge in [-0.3, -0.25) is 9.59 Å². The number of carbonyl (C=O) groups excluding carboxylic acids is 2. The van der Waals surface area contributed by atoms with Crippen molar-refractivity contribution in [2.45, 2.75) is 71.3 Å². The van der Waals surface area contributed by atoms with Crippen LogP contribution in [0.3, 0.4) is 0 Å². The molecule has 0 aromatic heterocycles. The summed E-state index contributed by atoms with van der Waals surface area (Å²) in [6.45, 7) is 4.62. The highest BCUT2D eigenvalue weighted by molar-refractivity contribution is 5.87. The lowest BCUT2D eigenvalue weighted by atomic mass is 9.48. The number of Topliss-reactive ketones (excluding diaryl/α,β-unsaturated/α-hetero) is 1. The molecule has 25 heavy (non-hydrogen) atoms. The van der Waals surface area contributed by atoms with Crippen LogP contribution in [0.1, 0.15) is 65.2 Å². The highest BCUT2D eigenvalue weighted by Gasteiger charge is 2.58. The van der Waals surface area contributed by atoms with E-state index in [4.69, 9.17) is 10.5 Å². The zero-order chi connectivity index (χ0) is 17.8. The first kappa shape index (κ1) is 17.3. The standard InChI is InChI=1S/C21H31NO3/c1-20-9-7-14(25-19(24)12-22)11-13(20)3-4-15-16-5-6-18(23)21(16,2)10-8-17(15)20/h3,14-17H,4-12,22H2,1-2H3/t14-,15?,16?,17?,20-,21-/m0/s1. The molecule has 3 fully saturated rings. The van der Waals surface area contributed by atoms with Gasteiger partial charge in [-0.1, -0.05) is 25.5 Å². The molecule has 0 amide bonds. The van der Waals surface area contributed by atoms with Crippen LogP contribution < -0.4 is 5.73 Å². The van der Waals surface area contributed by atoms with E-state index in [0.29, 0.717) is 23.5 Å². The molecule has 3 unspecified atom stereocenters. The third kappa shape index (κ3) is 2.51. The molecule has 4 rings (SSSR count). The molecule has 0 heterocycles. The van der Waals surface area contributed by atoms with E-state index in [1.165, 1.54) is 12.0 Å². The monoisotopic (exact) mass is 345 g/mol. The Balaban J connectivity index is 1.56. The average Bonchev–Trinajstić information content (AvgIpc) is 2.90. The van der Waals surface area contributed by atoms with E-state index in [-0.39, 0.29) is 29.4 Å². The number of ether oxygens (including phenoxy) is 1. The lowest BCUT2D eigenvalue weighted by Crippen LogP contribution is -2.50. The van der Waals surface area contributed by atoms with Gasteiger partial charge in [0.25, 0.3) is 0 Å². The topological polar surface area (TPSA) is 69.4 Å². The fourth-order valence-corrected chi connectivity index (χ4v) is 6.73. The Morgan fingerprint density at radius 1 is 1.20 bits per heavy atom. The summed E-state index contributed by atoms with van der Waals surface area (Å²) in [5.41, 5.74) is 7.04. The number of nitrogens with two attached hydrogens (primary N) is 1. The number of carbonyl (C=O) groups is 2. The van der Waals surface area contributed by atoms with Gasteiger partial charge in [0.15, 0.2) is 0 Å². The summed E-state index contributed by atoms with van der Waals surface area (Å²) in [5, 5.41) is 0. The van der Waals surface area contributed by atoms with Crippen molar-refractivity contribution in [3.8, 4) is 0 Å². The average molecular weight is 345 g/mol. The Hall–Kier alpha value is -1.16. The summed E-state index contributed by atoms with van der Waals surface area (Å²) < 4.78 is 5.52. The largest absolute Gasteiger partial charge is 0.461 e. The normalized spacial score (nSPS) is 45.9. The minimum absolute atomic E-state index is 0.00570. The summed E-state index contributed by atoms with van der Waals surface area (Å²) in [6, 6.07) is 0. The quantitative estimate of drug-likeness (QED) is 0.615. The summed E-state index contributed by atoms with van der Waals surface area (Å²) in [5.74, 6) is 2.12. The van der Waals surface area contributed by atoms with E-state index in [1.807, 2.05) is 0 Å². The summed E-state index contributed by atoms with van der Waals surface area (Å²) in [6.07, 6.45) is 10.5. The minimum atomic E-state index is -0.291. The zero-order valence-corrected chi connectivity index (χ0v) is 15.6. The SMILES string of the molecule is C[C@]12CC[C@H](OC(=O)CN)CC1=CCC1C2CC[C@]2(C)C(=O)CCC12. The van der Waals surface area contributed by atoms with E-state index in [9.17, 15) is 9.59 Å². The van der Waals surface area contributed by atoms with Crippen molar-refractivity contribution in [1.29, 1.82) is 0 Å². The highest BCUT2D eigenvalue weighted by Crippen LogP contribution is 2.64. The minimum Gasteiger partial charge on any atom is -0.461 e. The van der Waals surface area contributed by atoms with Gasteiger partial charge in [0.05, 0.1) is 6.54 Å². The van der Waals surface area contributed by atoms with Crippen molar-refractivity contribution >= 4 is 11.8 Å². The van der Waals surface area contributed by atoms with Gasteiger partial charge in [-0.2, -0.15) is 0 Å². The van der Waals surface area contributed by atoms with Gasteiger partial charge in [-0.05, 0) is 61.7 Å². The maximum absolute atomic E-state index is 12.5. The molecule has 0 aromatic carbocycles.